The number of rotatable bonds is 0. The highest BCUT2D eigenvalue weighted by Crippen LogP contribution is 2.42. The molecule has 80 valence electrons. The molecule has 1 atom stereocenters. The van der Waals surface area contributed by atoms with Gasteiger partial charge in [-0.2, -0.15) is 0 Å². The summed E-state index contributed by atoms with van der Waals surface area (Å²) in [4.78, 5) is 0. The van der Waals surface area contributed by atoms with Crippen molar-refractivity contribution in [3.05, 3.63) is 27.8 Å². The lowest BCUT2D eigenvalue weighted by Gasteiger charge is -2.25. The number of hydrogen-bond acceptors (Lipinski definition) is 2. The average molecular weight is 224 g/mol. The summed E-state index contributed by atoms with van der Waals surface area (Å²) in [5, 5.41) is 0.835. The van der Waals surface area contributed by atoms with E-state index in [1.165, 1.54) is 11.1 Å². The molecule has 0 amide bonds. The fourth-order valence-electron chi connectivity index (χ4n) is 2.68. The summed E-state index contributed by atoms with van der Waals surface area (Å²) >= 11 is 6.29. The predicted molar refractivity (Wildman–Crippen MR) is 60.5 cm³/mol. The van der Waals surface area contributed by atoms with E-state index in [-0.39, 0.29) is 6.04 Å². The molecule has 0 bridgehead atoms. The maximum atomic E-state index is 6.29. The van der Waals surface area contributed by atoms with Gasteiger partial charge in [-0.15, -0.1) is 0 Å². The van der Waals surface area contributed by atoms with E-state index < -0.39 is 0 Å². The standard InChI is InChI=1S/C12H14ClNO/c13-9-6-7-4-5-15-12(7)8-2-1-3-10(14)11(8)9/h6,10H,1-5,14H2/t10-/m0/s1. The Balaban J connectivity index is 2.24. The molecular weight excluding hydrogens is 210 g/mol. The quantitative estimate of drug-likeness (QED) is 0.734. The SMILES string of the molecule is N[C@H]1CCCc2c3c(cc(Cl)c21)CCO3. The van der Waals surface area contributed by atoms with E-state index in [0.29, 0.717) is 0 Å². The fourth-order valence-corrected chi connectivity index (χ4v) is 3.06. The highest BCUT2D eigenvalue weighted by Gasteiger charge is 2.27. The van der Waals surface area contributed by atoms with Crippen molar-refractivity contribution in [3.63, 3.8) is 0 Å². The number of nitrogens with two attached hydrogens (primary N) is 1. The van der Waals surface area contributed by atoms with Gasteiger partial charge in [0, 0.05) is 23.0 Å². The zero-order chi connectivity index (χ0) is 10.4. The van der Waals surface area contributed by atoms with Crippen molar-refractivity contribution in [3.8, 4) is 5.75 Å². The molecular formula is C12H14ClNO. The first-order valence-corrected chi connectivity index (χ1v) is 5.87. The van der Waals surface area contributed by atoms with Gasteiger partial charge in [0.2, 0.25) is 0 Å². The van der Waals surface area contributed by atoms with Gasteiger partial charge in [-0.25, -0.2) is 0 Å². The zero-order valence-corrected chi connectivity index (χ0v) is 9.31. The van der Waals surface area contributed by atoms with Gasteiger partial charge < -0.3 is 10.5 Å². The molecule has 0 aromatic heterocycles. The van der Waals surface area contributed by atoms with E-state index in [4.69, 9.17) is 22.1 Å². The van der Waals surface area contributed by atoms with Crippen molar-refractivity contribution in [2.75, 3.05) is 6.61 Å². The summed E-state index contributed by atoms with van der Waals surface area (Å²) in [6.45, 7) is 0.789. The Morgan fingerprint density at radius 1 is 1.40 bits per heavy atom. The summed E-state index contributed by atoms with van der Waals surface area (Å²) in [7, 11) is 0. The number of fused-ring (bicyclic) bond motifs is 3. The molecule has 1 aliphatic heterocycles. The van der Waals surface area contributed by atoms with E-state index in [0.717, 1.165) is 48.6 Å². The summed E-state index contributed by atoms with van der Waals surface area (Å²) in [6, 6.07) is 2.13. The van der Waals surface area contributed by atoms with E-state index in [9.17, 15) is 0 Å². The first kappa shape index (κ1) is 9.49. The maximum absolute atomic E-state index is 6.29. The molecule has 0 unspecified atom stereocenters. The highest BCUT2D eigenvalue weighted by atomic mass is 35.5. The number of halogens is 1. The van der Waals surface area contributed by atoms with Crippen LogP contribution in [0.4, 0.5) is 0 Å². The normalized spacial score (nSPS) is 23.2. The van der Waals surface area contributed by atoms with Gasteiger partial charge in [0.15, 0.2) is 0 Å². The van der Waals surface area contributed by atoms with Crippen molar-refractivity contribution in [2.24, 2.45) is 5.73 Å². The molecule has 2 nitrogen and oxygen atoms in total. The van der Waals surface area contributed by atoms with Crippen molar-refractivity contribution in [1.82, 2.24) is 0 Å². The molecule has 0 saturated carbocycles. The lowest BCUT2D eigenvalue weighted by Crippen LogP contribution is -2.18. The van der Waals surface area contributed by atoms with Crippen LogP contribution in [-0.2, 0) is 12.8 Å². The minimum absolute atomic E-state index is 0.0933. The van der Waals surface area contributed by atoms with E-state index in [2.05, 4.69) is 0 Å². The van der Waals surface area contributed by atoms with Crippen LogP contribution in [0.2, 0.25) is 5.02 Å². The largest absolute Gasteiger partial charge is 0.493 e. The van der Waals surface area contributed by atoms with Crippen LogP contribution < -0.4 is 10.5 Å². The van der Waals surface area contributed by atoms with Gasteiger partial charge in [0.05, 0.1) is 6.61 Å². The Morgan fingerprint density at radius 2 is 2.27 bits per heavy atom. The second-order valence-corrected chi connectivity index (χ2v) is 4.74. The van der Waals surface area contributed by atoms with Crippen LogP contribution in [0.1, 0.15) is 35.6 Å². The van der Waals surface area contributed by atoms with Crippen LogP contribution >= 0.6 is 11.6 Å². The Kier molecular flexibility index (Phi) is 2.15. The molecule has 3 rings (SSSR count). The average Bonchev–Trinajstić information content (AvgIpc) is 2.65. The smallest absolute Gasteiger partial charge is 0.126 e. The molecule has 0 saturated heterocycles. The molecule has 0 radical (unpaired) electrons. The zero-order valence-electron chi connectivity index (χ0n) is 8.55. The van der Waals surface area contributed by atoms with Crippen LogP contribution in [0.25, 0.3) is 0 Å². The van der Waals surface area contributed by atoms with Crippen molar-refractivity contribution in [1.29, 1.82) is 0 Å². The Morgan fingerprint density at radius 3 is 3.13 bits per heavy atom. The maximum Gasteiger partial charge on any atom is 0.126 e. The minimum Gasteiger partial charge on any atom is -0.493 e. The molecule has 2 N–H and O–H groups in total. The summed E-state index contributed by atoms with van der Waals surface area (Å²) in [5.41, 5.74) is 9.76. The number of benzene rings is 1. The Hall–Kier alpha value is -0.730. The number of hydrogen-bond donors (Lipinski definition) is 1. The van der Waals surface area contributed by atoms with Gasteiger partial charge in [-0.05, 0) is 36.5 Å². The first-order chi connectivity index (χ1) is 7.27. The predicted octanol–water partition coefficient (Wildman–Crippen LogP) is 2.61. The topological polar surface area (TPSA) is 35.2 Å². The molecule has 2 aliphatic rings. The van der Waals surface area contributed by atoms with E-state index >= 15 is 0 Å². The van der Waals surface area contributed by atoms with Crippen molar-refractivity contribution >= 4 is 11.6 Å². The Bertz CT molecular complexity index is 417. The lowest BCUT2D eigenvalue weighted by atomic mass is 9.86. The third-order valence-corrected chi connectivity index (χ3v) is 3.69. The third kappa shape index (κ3) is 1.35. The Labute approximate surface area is 94.4 Å². The van der Waals surface area contributed by atoms with Gasteiger partial charge in [-0.3, -0.25) is 0 Å². The van der Waals surface area contributed by atoms with Crippen LogP contribution in [0.5, 0.6) is 5.75 Å². The van der Waals surface area contributed by atoms with E-state index in [1.54, 1.807) is 0 Å². The van der Waals surface area contributed by atoms with Crippen LogP contribution in [0.15, 0.2) is 6.07 Å². The van der Waals surface area contributed by atoms with E-state index in [1.807, 2.05) is 6.07 Å². The second kappa shape index (κ2) is 3.39. The molecule has 3 heteroatoms. The summed E-state index contributed by atoms with van der Waals surface area (Å²) in [6.07, 6.45) is 4.22. The van der Waals surface area contributed by atoms with Crippen molar-refractivity contribution < 1.29 is 4.74 Å². The summed E-state index contributed by atoms with van der Waals surface area (Å²) < 4.78 is 5.69. The third-order valence-electron chi connectivity index (χ3n) is 3.38. The van der Waals surface area contributed by atoms with Gasteiger partial charge in [-0.1, -0.05) is 11.6 Å². The molecule has 1 aliphatic carbocycles. The molecule has 1 aromatic rings. The van der Waals surface area contributed by atoms with Gasteiger partial charge in [0.1, 0.15) is 5.75 Å². The van der Waals surface area contributed by atoms with Crippen molar-refractivity contribution in [2.45, 2.75) is 31.7 Å². The van der Waals surface area contributed by atoms with Crippen LogP contribution in [-0.4, -0.2) is 6.61 Å². The molecule has 15 heavy (non-hydrogen) atoms. The molecule has 0 spiro atoms. The monoisotopic (exact) mass is 223 g/mol. The van der Waals surface area contributed by atoms with Crippen LogP contribution in [0.3, 0.4) is 0 Å². The first-order valence-electron chi connectivity index (χ1n) is 5.50. The second-order valence-electron chi connectivity index (χ2n) is 4.34. The number of ether oxygens (including phenoxy) is 1. The van der Waals surface area contributed by atoms with Gasteiger partial charge in [0.25, 0.3) is 0 Å². The minimum atomic E-state index is 0.0933. The lowest BCUT2D eigenvalue weighted by molar-refractivity contribution is 0.350. The molecule has 0 fully saturated rings. The van der Waals surface area contributed by atoms with Gasteiger partial charge >= 0.3 is 0 Å². The molecule has 1 heterocycles. The fraction of sp³-hybridized carbons (Fsp3) is 0.500. The molecule has 1 aromatic carbocycles. The highest BCUT2D eigenvalue weighted by molar-refractivity contribution is 6.31. The van der Waals surface area contributed by atoms with Crippen LogP contribution in [0, 0.1) is 0 Å². The summed E-state index contributed by atoms with van der Waals surface area (Å²) in [5.74, 6) is 1.07.